The molecule has 0 spiro atoms. The van der Waals surface area contributed by atoms with Crippen molar-refractivity contribution >= 4 is 0 Å². The summed E-state index contributed by atoms with van der Waals surface area (Å²) in [6.07, 6.45) is 5.51. The summed E-state index contributed by atoms with van der Waals surface area (Å²) in [7, 11) is 0. The minimum absolute atomic E-state index is 0.258. The van der Waals surface area contributed by atoms with Crippen LogP contribution in [-0.2, 0) is 9.47 Å². The Kier molecular flexibility index (Phi) is 6.57. The maximum Gasteiger partial charge on any atom is 0.0935 e. The number of rotatable bonds is 6. The Bertz CT molecular complexity index is 250. The summed E-state index contributed by atoms with van der Waals surface area (Å²) >= 11 is 0. The summed E-state index contributed by atoms with van der Waals surface area (Å²) in [5.41, 5.74) is 5.86. The molecule has 2 rings (SSSR count). The lowest BCUT2D eigenvalue weighted by molar-refractivity contribution is -0.0759. The molecule has 1 aliphatic heterocycles. The van der Waals surface area contributed by atoms with E-state index in [4.69, 9.17) is 15.2 Å². The van der Waals surface area contributed by atoms with Crippen molar-refractivity contribution in [3.05, 3.63) is 0 Å². The van der Waals surface area contributed by atoms with Crippen molar-refractivity contribution < 1.29 is 9.47 Å². The first-order chi connectivity index (χ1) is 9.33. The molecule has 1 heterocycles. The number of hydrogen-bond acceptors (Lipinski definition) is 4. The standard InChI is InChI=1S/C15H30N2O2/c1-2-17-7-8-19-15(10-17)12-18-11-14-6-4-3-5-13(14)9-16/h13-15H,2-12,16H2,1H3. The van der Waals surface area contributed by atoms with Gasteiger partial charge in [-0.25, -0.2) is 0 Å². The summed E-state index contributed by atoms with van der Waals surface area (Å²) in [5.74, 6) is 1.35. The summed E-state index contributed by atoms with van der Waals surface area (Å²) in [5, 5.41) is 0. The third kappa shape index (κ3) is 4.71. The lowest BCUT2D eigenvalue weighted by atomic mass is 9.80. The SMILES string of the molecule is CCN1CCOC(COCC2CCCCC2CN)C1. The molecule has 2 N–H and O–H groups in total. The highest BCUT2D eigenvalue weighted by molar-refractivity contribution is 4.76. The van der Waals surface area contributed by atoms with Gasteiger partial charge in [-0.2, -0.15) is 0 Å². The maximum absolute atomic E-state index is 5.93. The molecule has 2 fully saturated rings. The Morgan fingerprint density at radius 1 is 1.21 bits per heavy atom. The van der Waals surface area contributed by atoms with Crippen LogP contribution in [0.4, 0.5) is 0 Å². The number of morpholine rings is 1. The largest absolute Gasteiger partial charge is 0.378 e. The molecule has 0 aromatic heterocycles. The van der Waals surface area contributed by atoms with Crippen LogP contribution in [0.2, 0.25) is 0 Å². The third-order valence-electron chi connectivity index (χ3n) is 4.68. The summed E-state index contributed by atoms with van der Waals surface area (Å²) in [4.78, 5) is 2.43. The normalized spacial score (nSPS) is 33.5. The molecule has 19 heavy (non-hydrogen) atoms. The Hall–Kier alpha value is -0.160. The second-order valence-electron chi connectivity index (χ2n) is 5.96. The van der Waals surface area contributed by atoms with E-state index in [9.17, 15) is 0 Å². The van der Waals surface area contributed by atoms with E-state index in [0.29, 0.717) is 11.8 Å². The van der Waals surface area contributed by atoms with Gasteiger partial charge in [0.05, 0.1) is 19.3 Å². The average Bonchev–Trinajstić information content (AvgIpc) is 2.48. The van der Waals surface area contributed by atoms with Crippen molar-refractivity contribution in [2.75, 3.05) is 46.0 Å². The topological polar surface area (TPSA) is 47.7 Å². The van der Waals surface area contributed by atoms with Gasteiger partial charge in [0.15, 0.2) is 0 Å². The predicted molar refractivity (Wildman–Crippen MR) is 77.2 cm³/mol. The molecule has 2 aliphatic rings. The van der Waals surface area contributed by atoms with Crippen LogP contribution >= 0.6 is 0 Å². The van der Waals surface area contributed by atoms with Crippen molar-refractivity contribution in [3.8, 4) is 0 Å². The first-order valence-electron chi connectivity index (χ1n) is 7.95. The summed E-state index contributed by atoms with van der Waals surface area (Å²) in [6.45, 7) is 8.66. The van der Waals surface area contributed by atoms with Gasteiger partial charge in [-0.3, -0.25) is 4.90 Å². The Morgan fingerprint density at radius 3 is 2.74 bits per heavy atom. The zero-order chi connectivity index (χ0) is 13.5. The Balaban J connectivity index is 1.65. The van der Waals surface area contributed by atoms with Crippen molar-refractivity contribution in [1.82, 2.24) is 4.90 Å². The van der Waals surface area contributed by atoms with Gasteiger partial charge in [0.25, 0.3) is 0 Å². The molecule has 4 heteroatoms. The van der Waals surface area contributed by atoms with E-state index in [1.807, 2.05) is 0 Å². The van der Waals surface area contributed by atoms with Crippen molar-refractivity contribution in [1.29, 1.82) is 0 Å². The van der Waals surface area contributed by atoms with Gasteiger partial charge < -0.3 is 15.2 Å². The minimum atomic E-state index is 0.258. The maximum atomic E-state index is 5.93. The van der Waals surface area contributed by atoms with Crippen molar-refractivity contribution in [2.24, 2.45) is 17.6 Å². The van der Waals surface area contributed by atoms with Crippen molar-refractivity contribution in [2.45, 2.75) is 38.7 Å². The van der Waals surface area contributed by atoms with Crippen LogP contribution < -0.4 is 5.73 Å². The minimum Gasteiger partial charge on any atom is -0.378 e. The van der Waals surface area contributed by atoms with E-state index in [1.54, 1.807) is 0 Å². The van der Waals surface area contributed by atoms with E-state index in [2.05, 4.69) is 11.8 Å². The second kappa shape index (κ2) is 8.20. The molecular weight excluding hydrogens is 240 g/mol. The van der Waals surface area contributed by atoms with E-state index in [0.717, 1.165) is 46.0 Å². The van der Waals surface area contributed by atoms with Crippen LogP contribution in [0.5, 0.6) is 0 Å². The molecule has 0 bridgehead atoms. The fourth-order valence-corrected chi connectivity index (χ4v) is 3.33. The quantitative estimate of drug-likeness (QED) is 0.794. The van der Waals surface area contributed by atoms with Crippen molar-refractivity contribution in [3.63, 3.8) is 0 Å². The zero-order valence-electron chi connectivity index (χ0n) is 12.4. The van der Waals surface area contributed by atoms with Gasteiger partial charge in [0, 0.05) is 19.7 Å². The van der Waals surface area contributed by atoms with Gasteiger partial charge in [-0.05, 0) is 37.8 Å². The molecule has 0 aromatic rings. The molecule has 1 saturated carbocycles. The highest BCUT2D eigenvalue weighted by atomic mass is 16.5. The molecule has 3 unspecified atom stereocenters. The van der Waals surface area contributed by atoms with Gasteiger partial charge >= 0.3 is 0 Å². The Labute approximate surface area is 117 Å². The van der Waals surface area contributed by atoms with Crippen LogP contribution in [0.25, 0.3) is 0 Å². The van der Waals surface area contributed by atoms with Crippen LogP contribution in [0.1, 0.15) is 32.6 Å². The highest BCUT2D eigenvalue weighted by Crippen LogP contribution is 2.29. The third-order valence-corrected chi connectivity index (χ3v) is 4.68. The fourth-order valence-electron chi connectivity index (χ4n) is 3.33. The van der Waals surface area contributed by atoms with Crippen LogP contribution in [-0.4, -0.2) is 57.0 Å². The average molecular weight is 270 g/mol. The monoisotopic (exact) mass is 270 g/mol. The first kappa shape index (κ1) is 15.2. The van der Waals surface area contributed by atoms with Crippen LogP contribution in [0, 0.1) is 11.8 Å². The number of nitrogens with zero attached hydrogens (tertiary/aromatic N) is 1. The fraction of sp³-hybridized carbons (Fsp3) is 1.00. The molecule has 0 aromatic carbocycles. The molecule has 112 valence electrons. The highest BCUT2D eigenvalue weighted by Gasteiger charge is 2.25. The predicted octanol–water partition coefficient (Wildman–Crippen LogP) is 1.49. The summed E-state index contributed by atoms with van der Waals surface area (Å²) in [6, 6.07) is 0. The number of ether oxygens (including phenoxy) is 2. The molecular formula is C15H30N2O2. The van der Waals surface area contributed by atoms with Gasteiger partial charge in [0.2, 0.25) is 0 Å². The van der Waals surface area contributed by atoms with Gasteiger partial charge in [0.1, 0.15) is 0 Å². The Morgan fingerprint density at radius 2 is 2.00 bits per heavy atom. The molecule has 1 saturated heterocycles. The zero-order valence-corrected chi connectivity index (χ0v) is 12.4. The van der Waals surface area contributed by atoms with E-state index in [-0.39, 0.29) is 6.10 Å². The molecule has 4 nitrogen and oxygen atoms in total. The lowest BCUT2D eigenvalue weighted by Gasteiger charge is -2.33. The number of nitrogens with two attached hydrogens (primary N) is 1. The molecule has 1 aliphatic carbocycles. The molecule has 0 amide bonds. The number of hydrogen-bond donors (Lipinski definition) is 1. The number of likely N-dealkylation sites (N-methyl/N-ethyl adjacent to an activating group) is 1. The van der Waals surface area contributed by atoms with E-state index in [1.165, 1.54) is 25.7 Å². The van der Waals surface area contributed by atoms with Crippen LogP contribution in [0.15, 0.2) is 0 Å². The van der Waals surface area contributed by atoms with E-state index < -0.39 is 0 Å². The van der Waals surface area contributed by atoms with Gasteiger partial charge in [-0.15, -0.1) is 0 Å². The molecule has 0 radical (unpaired) electrons. The van der Waals surface area contributed by atoms with E-state index >= 15 is 0 Å². The first-order valence-corrected chi connectivity index (χ1v) is 7.95. The summed E-state index contributed by atoms with van der Waals surface area (Å²) < 4.78 is 11.7. The molecule has 3 atom stereocenters. The van der Waals surface area contributed by atoms with Gasteiger partial charge in [-0.1, -0.05) is 19.8 Å². The lowest BCUT2D eigenvalue weighted by Crippen LogP contribution is -2.44. The second-order valence-corrected chi connectivity index (χ2v) is 5.96. The van der Waals surface area contributed by atoms with Crippen LogP contribution in [0.3, 0.4) is 0 Å². The smallest absolute Gasteiger partial charge is 0.0935 e.